The third-order valence-electron chi connectivity index (χ3n) is 4.31. The lowest BCUT2D eigenvalue weighted by Crippen LogP contribution is -1.97. The second-order valence-corrected chi connectivity index (χ2v) is 7.93. The van der Waals surface area contributed by atoms with Gasteiger partial charge in [-0.25, -0.2) is 4.98 Å². The average molecular weight is 361 g/mol. The van der Waals surface area contributed by atoms with Crippen molar-refractivity contribution in [1.82, 2.24) is 25.3 Å². The van der Waals surface area contributed by atoms with E-state index in [-0.39, 0.29) is 0 Å². The first-order valence-corrected chi connectivity index (χ1v) is 10.1. The number of H-pyrrole nitrogens is 1. The third-order valence-corrected chi connectivity index (χ3v) is 6.01. The molecule has 6 nitrogen and oxygen atoms in total. The minimum atomic E-state index is 0.577. The molecule has 0 aromatic carbocycles. The summed E-state index contributed by atoms with van der Waals surface area (Å²) in [5.74, 6) is 3.71. The molecule has 1 aliphatic carbocycles. The Hall–Kier alpha value is -1.67. The number of hydrogen-bond acceptors (Lipinski definition) is 7. The van der Waals surface area contributed by atoms with Crippen LogP contribution in [0.2, 0.25) is 0 Å². The fourth-order valence-electron chi connectivity index (χ4n) is 3.04. The van der Waals surface area contributed by atoms with Crippen molar-refractivity contribution in [3.8, 4) is 10.8 Å². The van der Waals surface area contributed by atoms with Gasteiger partial charge in [0.1, 0.15) is 5.82 Å². The first-order valence-electron chi connectivity index (χ1n) is 8.27. The monoisotopic (exact) mass is 361 g/mol. The van der Waals surface area contributed by atoms with Gasteiger partial charge in [0.15, 0.2) is 5.82 Å². The molecule has 0 saturated heterocycles. The lowest BCUT2D eigenvalue weighted by molar-refractivity contribution is 0.426. The first-order chi connectivity index (χ1) is 11.9. The van der Waals surface area contributed by atoms with Crippen LogP contribution in [0.25, 0.3) is 10.8 Å². The zero-order chi connectivity index (χ0) is 16.2. The van der Waals surface area contributed by atoms with Gasteiger partial charge in [0.05, 0.1) is 10.6 Å². The maximum absolute atomic E-state index is 5.29. The van der Waals surface area contributed by atoms with E-state index in [0.29, 0.717) is 17.5 Å². The van der Waals surface area contributed by atoms with Crippen molar-refractivity contribution < 1.29 is 4.52 Å². The molecule has 0 bridgehead atoms. The molecule has 0 radical (unpaired) electrons. The summed E-state index contributed by atoms with van der Waals surface area (Å²) in [7, 11) is 0. The molecule has 24 heavy (non-hydrogen) atoms. The van der Waals surface area contributed by atoms with Crippen LogP contribution in [-0.4, -0.2) is 25.3 Å². The lowest BCUT2D eigenvalue weighted by Gasteiger charge is -2.05. The molecule has 1 saturated carbocycles. The highest BCUT2D eigenvalue weighted by Gasteiger charge is 2.16. The van der Waals surface area contributed by atoms with Crippen molar-refractivity contribution in [2.75, 3.05) is 0 Å². The molecule has 0 aliphatic heterocycles. The highest BCUT2D eigenvalue weighted by molar-refractivity contribution is 7.98. The number of thiophene rings is 1. The van der Waals surface area contributed by atoms with Crippen molar-refractivity contribution in [3.05, 3.63) is 29.2 Å². The predicted octanol–water partition coefficient (Wildman–Crippen LogP) is 4.33. The van der Waals surface area contributed by atoms with E-state index < -0.39 is 0 Å². The fraction of sp³-hybridized carbons (Fsp3) is 0.500. The molecular weight excluding hydrogens is 342 g/mol. The normalized spacial score (nSPS) is 15.3. The molecule has 1 N–H and O–H groups in total. The van der Waals surface area contributed by atoms with Gasteiger partial charge in [0.2, 0.25) is 5.16 Å². The van der Waals surface area contributed by atoms with Gasteiger partial charge in [-0.3, -0.25) is 5.10 Å². The van der Waals surface area contributed by atoms with Crippen LogP contribution in [-0.2, 0) is 12.2 Å². The van der Waals surface area contributed by atoms with Crippen molar-refractivity contribution >= 4 is 23.1 Å². The zero-order valence-corrected chi connectivity index (χ0v) is 14.9. The molecule has 126 valence electrons. The molecule has 0 amide bonds. The molecule has 1 fully saturated rings. The Morgan fingerprint density at radius 2 is 2.21 bits per heavy atom. The fourth-order valence-corrected chi connectivity index (χ4v) is 4.34. The molecule has 0 spiro atoms. The quantitative estimate of drug-likeness (QED) is 0.631. The molecule has 0 unspecified atom stereocenters. The molecule has 3 heterocycles. The Balaban J connectivity index is 1.28. The molecule has 4 rings (SSSR count). The van der Waals surface area contributed by atoms with Crippen LogP contribution in [0.5, 0.6) is 0 Å². The van der Waals surface area contributed by atoms with Gasteiger partial charge >= 0.3 is 0 Å². The molecule has 0 atom stereocenters. The summed E-state index contributed by atoms with van der Waals surface area (Å²) in [5, 5.41) is 14.1. The summed E-state index contributed by atoms with van der Waals surface area (Å²) >= 11 is 3.12. The topological polar surface area (TPSA) is 80.5 Å². The van der Waals surface area contributed by atoms with Gasteiger partial charge in [0.25, 0.3) is 5.89 Å². The third kappa shape index (κ3) is 3.87. The van der Waals surface area contributed by atoms with Crippen LogP contribution in [0.15, 0.2) is 27.2 Å². The van der Waals surface area contributed by atoms with Gasteiger partial charge in [-0.2, -0.15) is 4.98 Å². The molecule has 3 aromatic rings. The van der Waals surface area contributed by atoms with Crippen LogP contribution in [0.3, 0.4) is 0 Å². The van der Waals surface area contributed by atoms with E-state index in [1.165, 1.54) is 43.9 Å². The summed E-state index contributed by atoms with van der Waals surface area (Å²) in [6, 6.07) is 3.94. The Bertz CT molecular complexity index is 761. The van der Waals surface area contributed by atoms with Gasteiger partial charge < -0.3 is 4.52 Å². The average Bonchev–Trinajstić information content (AvgIpc) is 3.40. The van der Waals surface area contributed by atoms with E-state index in [9.17, 15) is 0 Å². The Labute approximate surface area is 148 Å². The Morgan fingerprint density at radius 3 is 3.04 bits per heavy atom. The molecule has 8 heteroatoms. The van der Waals surface area contributed by atoms with Gasteiger partial charge in [-0.15, -0.1) is 16.4 Å². The lowest BCUT2D eigenvalue weighted by atomic mass is 10.0. The predicted molar refractivity (Wildman–Crippen MR) is 93.8 cm³/mol. The number of nitrogens with zero attached hydrogens (tertiary/aromatic N) is 4. The standard InChI is InChI=1S/C16H19N5OS2/c1-2-5-11(4-1)7-8-13-18-16(20-19-13)24-10-14-17-15(22-21-14)12-6-3-9-23-12/h3,6,9,11H,1-2,4-5,7-8,10H2,(H,18,19,20). The van der Waals surface area contributed by atoms with Crippen LogP contribution in [0, 0.1) is 5.92 Å². The van der Waals surface area contributed by atoms with Crippen LogP contribution < -0.4 is 0 Å². The molecule has 3 aromatic heterocycles. The number of nitrogens with one attached hydrogen (secondary N) is 1. The highest BCUT2D eigenvalue weighted by Crippen LogP contribution is 2.28. The van der Waals surface area contributed by atoms with Gasteiger partial charge in [-0.1, -0.05) is 48.7 Å². The summed E-state index contributed by atoms with van der Waals surface area (Å²) in [5.41, 5.74) is 0. The van der Waals surface area contributed by atoms with Crippen LogP contribution >= 0.6 is 23.1 Å². The minimum Gasteiger partial charge on any atom is -0.333 e. The first kappa shape index (κ1) is 15.8. The Morgan fingerprint density at radius 1 is 1.29 bits per heavy atom. The highest BCUT2D eigenvalue weighted by atomic mass is 32.2. The second-order valence-electron chi connectivity index (χ2n) is 6.04. The number of aryl methyl sites for hydroxylation is 1. The number of rotatable bonds is 7. The van der Waals surface area contributed by atoms with Crippen LogP contribution in [0.4, 0.5) is 0 Å². The summed E-state index contributed by atoms with van der Waals surface area (Å²) < 4.78 is 5.29. The number of thioether (sulfide) groups is 1. The van der Waals surface area contributed by atoms with Gasteiger partial charge in [-0.05, 0) is 23.8 Å². The molecular formula is C16H19N5OS2. The van der Waals surface area contributed by atoms with E-state index in [2.05, 4.69) is 25.3 Å². The van der Waals surface area contributed by atoms with Crippen molar-refractivity contribution in [2.45, 2.75) is 49.4 Å². The van der Waals surface area contributed by atoms with E-state index in [4.69, 9.17) is 4.52 Å². The smallest absolute Gasteiger partial charge is 0.268 e. The summed E-state index contributed by atoms with van der Waals surface area (Å²) in [4.78, 5) is 9.96. The largest absolute Gasteiger partial charge is 0.333 e. The minimum absolute atomic E-state index is 0.577. The van der Waals surface area contributed by atoms with E-state index >= 15 is 0 Å². The zero-order valence-electron chi connectivity index (χ0n) is 13.3. The van der Waals surface area contributed by atoms with Crippen molar-refractivity contribution in [3.63, 3.8) is 0 Å². The van der Waals surface area contributed by atoms with E-state index in [1.807, 2.05) is 17.5 Å². The SMILES string of the molecule is c1csc(-c2nc(CSc3n[nH]c(CCC4CCCC4)n3)no2)c1. The molecule has 1 aliphatic rings. The number of aromatic amines is 1. The maximum atomic E-state index is 5.29. The van der Waals surface area contributed by atoms with Crippen molar-refractivity contribution in [2.24, 2.45) is 5.92 Å². The maximum Gasteiger partial charge on any atom is 0.268 e. The van der Waals surface area contributed by atoms with Crippen LogP contribution in [0.1, 0.15) is 43.8 Å². The van der Waals surface area contributed by atoms with Crippen molar-refractivity contribution in [1.29, 1.82) is 0 Å². The van der Waals surface area contributed by atoms with Gasteiger partial charge in [0, 0.05) is 6.42 Å². The number of aromatic nitrogens is 5. The van der Waals surface area contributed by atoms with E-state index in [1.54, 1.807) is 11.3 Å². The summed E-state index contributed by atoms with van der Waals surface area (Å²) in [6.07, 6.45) is 7.73. The second kappa shape index (κ2) is 7.48. The Kier molecular flexibility index (Phi) is 4.94. The van der Waals surface area contributed by atoms with E-state index in [0.717, 1.165) is 28.2 Å². The summed E-state index contributed by atoms with van der Waals surface area (Å²) in [6.45, 7) is 0. The number of hydrogen-bond donors (Lipinski definition) is 1.